The molecule has 382 valence electrons. The molecule has 0 radical (unpaired) electrons. The van der Waals surface area contributed by atoms with Crippen LogP contribution in [0, 0.1) is 13.8 Å². The maximum absolute atomic E-state index is 6.28. The number of hydrogen-bond acceptors (Lipinski definition) is 4. The molecule has 1 aliphatic rings. The van der Waals surface area contributed by atoms with E-state index in [9.17, 15) is 0 Å². The molecule has 7 heterocycles. The van der Waals surface area contributed by atoms with Crippen molar-refractivity contribution in [2.24, 2.45) is 0 Å². The third-order valence-corrected chi connectivity index (χ3v) is 15.9. The number of para-hydroxylation sites is 4. The van der Waals surface area contributed by atoms with Gasteiger partial charge in [-0.3, -0.25) is 4.98 Å². The summed E-state index contributed by atoms with van der Waals surface area (Å²) < 4.78 is 17.4. The summed E-state index contributed by atoms with van der Waals surface area (Å²) >= 11 is 5.79. The minimum atomic E-state index is -0.341. The lowest BCUT2D eigenvalue weighted by atomic mass is 9.78. The van der Waals surface area contributed by atoms with Crippen molar-refractivity contribution in [3.63, 3.8) is 0 Å². The van der Waals surface area contributed by atoms with E-state index in [2.05, 4.69) is 212 Å². The summed E-state index contributed by atoms with van der Waals surface area (Å²) in [6, 6.07) is 68.6. The van der Waals surface area contributed by atoms with Crippen LogP contribution < -0.4 is 5.46 Å². The standard InChI is InChI=1S/C30H20N2.C24H22BNO2.C12H10ClN.3CH4/c1-19-16-27(31-18-26(19)20-8-3-2-4-9-20)21-14-15-29-25(17-21)24-12-7-11-23-22-10-5-6-13-28(22)32(29)30(23)24;1-23(2)24(3,4)28-25(27-23)15-12-13-21-19(14-15)18-10-7-9-17-16-8-5-6-11-20(16)26(21)22(17)18;1-9-7-12(13)14-8-11(9)10-5-3-2-4-6-10;;;/h2-18H,1H3;5-14H,1-4H3;2-8H,1H3;3*1H4. The zero-order chi connectivity index (χ0) is 50.5. The molecular weight excluding hydrogens is 963 g/mol. The first-order valence-corrected chi connectivity index (χ1v) is 25.7. The van der Waals surface area contributed by atoms with Crippen LogP contribution in [0.15, 0.2) is 207 Å². The zero-order valence-electron chi connectivity index (χ0n) is 42.2. The van der Waals surface area contributed by atoms with E-state index in [1.54, 1.807) is 0 Å². The smallest absolute Gasteiger partial charge is 0.399 e. The number of pyridine rings is 2. The number of hydrogen-bond donors (Lipinski definition) is 0. The topological polar surface area (TPSA) is 53.1 Å². The Balaban J connectivity index is 0.000000137. The largest absolute Gasteiger partial charge is 0.494 e. The lowest BCUT2D eigenvalue weighted by Crippen LogP contribution is -2.41. The van der Waals surface area contributed by atoms with Crippen LogP contribution in [-0.4, -0.2) is 37.1 Å². The van der Waals surface area contributed by atoms with Gasteiger partial charge in [0.05, 0.1) is 50.0 Å². The first kappa shape index (κ1) is 52.4. The number of rotatable bonds is 4. The average Bonchev–Trinajstić information content (AvgIpc) is 4.28. The lowest BCUT2D eigenvalue weighted by Gasteiger charge is -2.32. The molecule has 15 rings (SSSR count). The SMILES string of the molecule is C.C.C.CC1(C)OB(c2ccc3c(c2)c2cccc4c5ccccc5n3c42)OC1(C)C.Cc1cc(-c2ccc3c(c2)c2cccc4c5ccccc5n3c42)ncc1-c1ccccc1.Cc1cc(Cl)ncc1-c1ccccc1. The van der Waals surface area contributed by atoms with Gasteiger partial charge in [-0.05, 0) is 112 Å². The predicted octanol–water partition coefficient (Wildman–Crippen LogP) is 18.6. The van der Waals surface area contributed by atoms with Gasteiger partial charge in [-0.15, -0.1) is 0 Å². The molecule has 14 aromatic rings. The molecule has 0 aliphatic carbocycles. The van der Waals surface area contributed by atoms with E-state index in [0.29, 0.717) is 5.15 Å². The Bertz CT molecular complexity index is 4410. The van der Waals surface area contributed by atoms with Crippen molar-refractivity contribution in [3.8, 4) is 33.5 Å². The number of fused-ring (bicyclic) bond motifs is 12. The van der Waals surface area contributed by atoms with Gasteiger partial charge < -0.3 is 18.1 Å². The summed E-state index contributed by atoms with van der Waals surface area (Å²) in [5.41, 5.74) is 17.3. The zero-order valence-corrected chi connectivity index (χ0v) is 42.9. The summed E-state index contributed by atoms with van der Waals surface area (Å²) in [5.74, 6) is 0. The average molecular weight is 1030 g/mol. The predicted molar refractivity (Wildman–Crippen MR) is 331 cm³/mol. The second-order valence-electron chi connectivity index (χ2n) is 20.6. The van der Waals surface area contributed by atoms with Crippen LogP contribution in [0.25, 0.3) is 110 Å². The molecule has 0 unspecified atom stereocenters. The van der Waals surface area contributed by atoms with Crippen LogP contribution in [0.1, 0.15) is 61.1 Å². The van der Waals surface area contributed by atoms with E-state index in [1.807, 2.05) is 49.6 Å². The maximum Gasteiger partial charge on any atom is 0.494 e. The molecule has 0 amide bonds. The Hall–Kier alpha value is -8.07. The van der Waals surface area contributed by atoms with Crippen molar-refractivity contribution in [2.75, 3.05) is 0 Å². The van der Waals surface area contributed by atoms with Crippen LogP contribution in [0.4, 0.5) is 0 Å². The Morgan fingerprint density at radius 2 is 0.818 bits per heavy atom. The Morgan fingerprint density at radius 3 is 1.32 bits per heavy atom. The van der Waals surface area contributed by atoms with Crippen molar-refractivity contribution in [2.45, 2.75) is 75.0 Å². The quantitative estimate of drug-likeness (QED) is 0.130. The molecule has 1 aliphatic heterocycles. The molecule has 8 heteroatoms. The fourth-order valence-corrected chi connectivity index (χ4v) is 11.5. The first-order chi connectivity index (χ1) is 35.9. The fourth-order valence-electron chi connectivity index (χ4n) is 11.2. The summed E-state index contributed by atoms with van der Waals surface area (Å²) in [7, 11) is -0.341. The normalized spacial score (nSPS) is 13.7. The van der Waals surface area contributed by atoms with E-state index < -0.39 is 0 Å². The van der Waals surface area contributed by atoms with Gasteiger partial charge in [-0.1, -0.05) is 186 Å². The van der Waals surface area contributed by atoms with Crippen molar-refractivity contribution < 1.29 is 9.31 Å². The van der Waals surface area contributed by atoms with Crippen LogP contribution >= 0.6 is 11.6 Å². The van der Waals surface area contributed by atoms with Gasteiger partial charge in [-0.2, -0.15) is 0 Å². The Morgan fingerprint density at radius 1 is 0.403 bits per heavy atom. The van der Waals surface area contributed by atoms with Crippen LogP contribution in [0.3, 0.4) is 0 Å². The monoisotopic (exact) mass is 1030 g/mol. The third kappa shape index (κ3) is 8.64. The van der Waals surface area contributed by atoms with Crippen LogP contribution in [-0.2, 0) is 9.31 Å². The van der Waals surface area contributed by atoms with Crippen molar-refractivity contribution >= 4 is 100 Å². The Labute approximate surface area is 457 Å². The maximum atomic E-state index is 6.28. The molecule has 1 saturated heterocycles. The third-order valence-electron chi connectivity index (χ3n) is 15.6. The molecule has 6 nitrogen and oxygen atoms in total. The second-order valence-corrected chi connectivity index (χ2v) is 21.0. The van der Waals surface area contributed by atoms with Crippen molar-refractivity contribution in [1.82, 2.24) is 18.8 Å². The minimum Gasteiger partial charge on any atom is -0.399 e. The molecule has 0 spiro atoms. The lowest BCUT2D eigenvalue weighted by molar-refractivity contribution is 0.00578. The van der Waals surface area contributed by atoms with Gasteiger partial charge in [0.25, 0.3) is 0 Å². The number of aromatic nitrogens is 4. The highest BCUT2D eigenvalue weighted by molar-refractivity contribution is 6.62. The van der Waals surface area contributed by atoms with Crippen LogP contribution in [0.5, 0.6) is 0 Å². The number of benzene rings is 8. The van der Waals surface area contributed by atoms with Gasteiger partial charge in [0, 0.05) is 72.2 Å². The van der Waals surface area contributed by atoms with E-state index in [-0.39, 0.29) is 40.6 Å². The molecule has 0 atom stereocenters. The van der Waals surface area contributed by atoms with E-state index in [4.69, 9.17) is 25.9 Å². The summed E-state index contributed by atoms with van der Waals surface area (Å²) in [4.78, 5) is 8.92. The van der Waals surface area contributed by atoms with Crippen molar-refractivity contribution in [1.29, 1.82) is 0 Å². The molecule has 77 heavy (non-hydrogen) atoms. The molecular formula is C69H64BClN4O2. The van der Waals surface area contributed by atoms with Gasteiger partial charge >= 0.3 is 7.12 Å². The molecule has 8 aromatic carbocycles. The van der Waals surface area contributed by atoms with Gasteiger partial charge in [0.1, 0.15) is 5.15 Å². The minimum absolute atomic E-state index is 0. The Kier molecular flexibility index (Phi) is 13.7. The molecule has 0 saturated carbocycles. The van der Waals surface area contributed by atoms with Gasteiger partial charge in [0.2, 0.25) is 0 Å². The number of aryl methyl sites for hydroxylation is 2. The fraction of sp³-hybridized carbons (Fsp3) is 0.159. The summed E-state index contributed by atoms with van der Waals surface area (Å²) in [6.07, 6.45) is 3.82. The van der Waals surface area contributed by atoms with Gasteiger partial charge in [-0.25, -0.2) is 4.98 Å². The number of halogens is 1. The summed E-state index contributed by atoms with van der Waals surface area (Å²) in [6.45, 7) is 12.6. The highest BCUT2D eigenvalue weighted by Gasteiger charge is 2.51. The molecule has 6 aromatic heterocycles. The van der Waals surface area contributed by atoms with E-state index in [1.165, 1.54) is 98.4 Å². The molecule has 0 N–H and O–H groups in total. The highest BCUT2D eigenvalue weighted by Crippen LogP contribution is 2.42. The first-order valence-electron chi connectivity index (χ1n) is 25.3. The highest BCUT2D eigenvalue weighted by atomic mass is 35.5. The van der Waals surface area contributed by atoms with E-state index in [0.717, 1.165) is 27.8 Å². The van der Waals surface area contributed by atoms with Gasteiger partial charge in [0.15, 0.2) is 0 Å². The molecule has 1 fully saturated rings. The second kappa shape index (κ2) is 20.1. The van der Waals surface area contributed by atoms with Crippen LogP contribution in [0.2, 0.25) is 5.15 Å². The summed E-state index contributed by atoms with van der Waals surface area (Å²) in [5, 5.41) is 10.9. The van der Waals surface area contributed by atoms with Crippen molar-refractivity contribution in [3.05, 3.63) is 223 Å². The number of nitrogens with zero attached hydrogens (tertiary/aromatic N) is 4. The molecule has 0 bridgehead atoms. The van der Waals surface area contributed by atoms with E-state index >= 15 is 0 Å².